The molecule has 0 aromatic carbocycles. The van der Waals surface area contributed by atoms with Gasteiger partial charge in [0.2, 0.25) is 6.10 Å². The minimum absolute atomic E-state index is 0.231. The molecule has 0 saturated carbocycles. The highest BCUT2D eigenvalue weighted by Crippen LogP contribution is 2.25. The van der Waals surface area contributed by atoms with E-state index in [1.165, 1.54) is 12.5 Å². The van der Waals surface area contributed by atoms with Gasteiger partial charge in [0.05, 0.1) is 12.2 Å². The molecule has 1 N–H and O–H groups in total. The van der Waals surface area contributed by atoms with Crippen molar-refractivity contribution in [1.29, 1.82) is 0 Å². The second-order valence-electron chi connectivity index (χ2n) is 6.17. The number of esters is 1. The summed E-state index contributed by atoms with van der Waals surface area (Å²) >= 11 is 0. The Morgan fingerprint density at radius 1 is 1.48 bits per heavy atom. The van der Waals surface area contributed by atoms with Crippen LogP contribution >= 0.6 is 0 Å². The third-order valence-electron chi connectivity index (χ3n) is 4.11. The number of nitrogens with one attached hydrogen (secondary N) is 1. The third kappa shape index (κ3) is 4.04. The Kier molecular flexibility index (Phi) is 5.11. The van der Waals surface area contributed by atoms with Crippen LogP contribution in [-0.4, -0.2) is 41.3 Å². The Balaban J connectivity index is 1.60. The summed E-state index contributed by atoms with van der Waals surface area (Å²) in [6.07, 6.45) is 7.22. The fraction of sp³-hybridized carbons (Fsp3) is 0.444. The van der Waals surface area contributed by atoms with Crippen molar-refractivity contribution in [3.63, 3.8) is 0 Å². The van der Waals surface area contributed by atoms with Crippen molar-refractivity contribution >= 4 is 23.7 Å². The standard InChI is InChI=1S/C18H21N3O4/c1-11(24-12(2)22)10-20-18(23)16-9-15(21-25-16)17-14-6-4-3-5-13(14)7-8-19-17/h4,6-8,11,16H,3,5,9-10H2,1-2H3,(H,20,23). The first-order valence-corrected chi connectivity index (χ1v) is 8.37. The lowest BCUT2D eigenvalue weighted by Crippen LogP contribution is -2.39. The van der Waals surface area contributed by atoms with Crippen molar-refractivity contribution in [2.75, 3.05) is 6.54 Å². The Bertz CT molecular complexity index is 742. The van der Waals surface area contributed by atoms with E-state index in [-0.39, 0.29) is 18.4 Å². The molecule has 0 saturated heterocycles. The summed E-state index contributed by atoms with van der Waals surface area (Å²) in [6.45, 7) is 3.28. The lowest BCUT2D eigenvalue weighted by Gasteiger charge is -2.15. The number of nitrogens with zero attached hydrogens (tertiary/aromatic N) is 2. The van der Waals surface area contributed by atoms with E-state index in [0.717, 1.165) is 24.1 Å². The zero-order valence-corrected chi connectivity index (χ0v) is 14.3. The molecule has 132 valence electrons. The van der Waals surface area contributed by atoms with Crippen molar-refractivity contribution in [3.8, 4) is 0 Å². The first-order chi connectivity index (χ1) is 12.0. The maximum absolute atomic E-state index is 12.2. The Morgan fingerprint density at radius 3 is 3.12 bits per heavy atom. The second kappa shape index (κ2) is 7.46. The number of hydrogen-bond acceptors (Lipinski definition) is 6. The van der Waals surface area contributed by atoms with Gasteiger partial charge >= 0.3 is 5.97 Å². The summed E-state index contributed by atoms with van der Waals surface area (Å²) in [6, 6.07) is 2.01. The number of pyridine rings is 1. The van der Waals surface area contributed by atoms with Gasteiger partial charge in [-0.15, -0.1) is 0 Å². The van der Waals surface area contributed by atoms with Gasteiger partial charge in [0.25, 0.3) is 5.91 Å². The van der Waals surface area contributed by atoms with Crippen molar-refractivity contribution in [2.45, 2.75) is 45.3 Å². The molecule has 1 amide bonds. The second-order valence-corrected chi connectivity index (χ2v) is 6.17. The molecule has 1 aromatic heterocycles. The molecular weight excluding hydrogens is 322 g/mol. The van der Waals surface area contributed by atoms with Crippen molar-refractivity contribution in [1.82, 2.24) is 10.3 Å². The van der Waals surface area contributed by atoms with E-state index in [0.29, 0.717) is 12.1 Å². The molecule has 0 spiro atoms. The van der Waals surface area contributed by atoms with Crippen LogP contribution in [0.5, 0.6) is 0 Å². The van der Waals surface area contributed by atoms with E-state index in [1.54, 1.807) is 13.1 Å². The number of aromatic nitrogens is 1. The van der Waals surface area contributed by atoms with E-state index in [2.05, 4.69) is 27.6 Å². The van der Waals surface area contributed by atoms with E-state index in [9.17, 15) is 9.59 Å². The fourth-order valence-corrected chi connectivity index (χ4v) is 2.93. The van der Waals surface area contributed by atoms with Crippen LogP contribution in [0.2, 0.25) is 0 Å². The van der Waals surface area contributed by atoms with E-state index < -0.39 is 12.2 Å². The number of fused-ring (bicyclic) bond motifs is 1. The molecule has 1 aliphatic carbocycles. The fourth-order valence-electron chi connectivity index (χ4n) is 2.93. The summed E-state index contributed by atoms with van der Waals surface area (Å²) in [7, 11) is 0. The average molecular weight is 343 g/mol. The van der Waals surface area contributed by atoms with Gasteiger partial charge in [-0.05, 0) is 31.4 Å². The lowest BCUT2D eigenvalue weighted by atomic mass is 9.94. The minimum atomic E-state index is -0.690. The van der Waals surface area contributed by atoms with Gasteiger partial charge in [-0.25, -0.2) is 0 Å². The largest absolute Gasteiger partial charge is 0.461 e. The number of oxime groups is 1. The molecule has 2 aliphatic rings. The summed E-state index contributed by atoms with van der Waals surface area (Å²) in [5, 5.41) is 6.78. The van der Waals surface area contributed by atoms with Crippen LogP contribution in [0.4, 0.5) is 0 Å². The summed E-state index contributed by atoms with van der Waals surface area (Å²) in [5.41, 5.74) is 3.74. The van der Waals surface area contributed by atoms with Crippen LogP contribution in [0.25, 0.3) is 6.08 Å². The van der Waals surface area contributed by atoms with Crippen molar-refractivity contribution < 1.29 is 19.2 Å². The molecule has 0 fully saturated rings. The highest BCUT2D eigenvalue weighted by molar-refractivity contribution is 6.05. The van der Waals surface area contributed by atoms with Crippen molar-refractivity contribution in [2.24, 2.45) is 5.16 Å². The van der Waals surface area contributed by atoms with Gasteiger partial charge < -0.3 is 14.9 Å². The maximum Gasteiger partial charge on any atom is 0.302 e. The van der Waals surface area contributed by atoms with Crippen molar-refractivity contribution in [3.05, 3.63) is 35.2 Å². The molecule has 1 aromatic rings. The lowest BCUT2D eigenvalue weighted by molar-refractivity contribution is -0.146. The van der Waals surface area contributed by atoms with E-state index in [1.807, 2.05) is 6.07 Å². The minimum Gasteiger partial charge on any atom is -0.461 e. The third-order valence-corrected chi connectivity index (χ3v) is 4.11. The topological polar surface area (TPSA) is 89.9 Å². The van der Waals surface area contributed by atoms with Gasteiger partial charge in [-0.1, -0.05) is 17.3 Å². The quantitative estimate of drug-likeness (QED) is 0.820. The van der Waals surface area contributed by atoms with Crippen LogP contribution in [-0.2, 0) is 25.6 Å². The number of amides is 1. The monoisotopic (exact) mass is 343 g/mol. The summed E-state index contributed by atoms with van der Waals surface area (Å²) in [5.74, 6) is -0.657. The summed E-state index contributed by atoms with van der Waals surface area (Å²) < 4.78 is 4.98. The average Bonchev–Trinajstić information content (AvgIpc) is 3.08. The van der Waals surface area contributed by atoms with E-state index >= 15 is 0 Å². The number of hydrogen-bond donors (Lipinski definition) is 1. The van der Waals surface area contributed by atoms with Crippen LogP contribution in [0.15, 0.2) is 23.5 Å². The van der Waals surface area contributed by atoms with Gasteiger partial charge in [-0.2, -0.15) is 0 Å². The highest BCUT2D eigenvalue weighted by atomic mass is 16.6. The number of ether oxygens (including phenoxy) is 1. The smallest absolute Gasteiger partial charge is 0.302 e. The Morgan fingerprint density at radius 2 is 2.32 bits per heavy atom. The van der Waals surface area contributed by atoms with Crippen LogP contribution < -0.4 is 5.32 Å². The van der Waals surface area contributed by atoms with Gasteiger partial charge in [0.15, 0.2) is 0 Å². The molecule has 2 unspecified atom stereocenters. The molecule has 7 heteroatoms. The molecule has 25 heavy (non-hydrogen) atoms. The first-order valence-electron chi connectivity index (χ1n) is 8.37. The predicted octanol–water partition coefficient (Wildman–Crippen LogP) is 1.60. The Labute approximate surface area is 146 Å². The molecule has 0 radical (unpaired) electrons. The molecule has 0 bridgehead atoms. The van der Waals surface area contributed by atoms with Crippen LogP contribution in [0.1, 0.15) is 43.5 Å². The maximum atomic E-state index is 12.2. The number of carbonyl (C=O) groups excluding carboxylic acids is 2. The molecule has 1 aliphatic heterocycles. The molecular formula is C18H21N3O4. The number of carbonyl (C=O) groups is 2. The van der Waals surface area contributed by atoms with Gasteiger partial charge in [-0.3, -0.25) is 14.6 Å². The van der Waals surface area contributed by atoms with Crippen LogP contribution in [0, 0.1) is 0 Å². The normalized spacial score (nSPS) is 19.4. The zero-order valence-electron chi connectivity index (χ0n) is 14.3. The van der Waals surface area contributed by atoms with E-state index in [4.69, 9.17) is 9.57 Å². The molecule has 2 atom stereocenters. The zero-order chi connectivity index (χ0) is 17.8. The number of aryl methyl sites for hydroxylation is 1. The number of rotatable bonds is 5. The highest BCUT2D eigenvalue weighted by Gasteiger charge is 2.31. The van der Waals surface area contributed by atoms with Gasteiger partial charge in [0.1, 0.15) is 11.8 Å². The summed E-state index contributed by atoms with van der Waals surface area (Å²) in [4.78, 5) is 32.8. The Hall–Kier alpha value is -2.70. The molecule has 2 heterocycles. The first kappa shape index (κ1) is 17.1. The molecule has 7 nitrogen and oxygen atoms in total. The van der Waals surface area contributed by atoms with Crippen LogP contribution in [0.3, 0.4) is 0 Å². The molecule has 3 rings (SSSR count). The van der Waals surface area contributed by atoms with Gasteiger partial charge in [0, 0.05) is 25.1 Å². The predicted molar refractivity (Wildman–Crippen MR) is 91.9 cm³/mol. The number of allylic oxidation sites excluding steroid dienone is 1. The SMILES string of the molecule is CC(=O)OC(C)CNC(=O)C1CC(c2nccc3c2C=CCC3)=NO1.